The van der Waals surface area contributed by atoms with Gasteiger partial charge in [0.25, 0.3) is 0 Å². The Morgan fingerprint density at radius 3 is 2.24 bits per heavy atom. The number of nitrogens with zero attached hydrogens (tertiary/aromatic N) is 3. The molecule has 2 aromatic heterocycles. The standard InChI is InChI=1S/C22H21N3O4/c1-28-21(22(26)27)12-15-6-8-16(9-7-15)29-14-25-19-4-2-10-23-17(19)13-18-20(25)5-3-11-24-18/h2-11,21H,12-14H2,1H3,(H,26,27). The van der Waals surface area contributed by atoms with Crippen molar-refractivity contribution in [3.63, 3.8) is 0 Å². The first-order valence-electron chi connectivity index (χ1n) is 9.28. The van der Waals surface area contributed by atoms with Crippen LogP contribution in [0.1, 0.15) is 17.0 Å². The minimum atomic E-state index is -0.975. The molecule has 3 heterocycles. The van der Waals surface area contributed by atoms with Crippen molar-refractivity contribution in [2.45, 2.75) is 18.9 Å². The van der Waals surface area contributed by atoms with Crippen molar-refractivity contribution < 1.29 is 19.4 Å². The van der Waals surface area contributed by atoms with Gasteiger partial charge in [-0.25, -0.2) is 4.79 Å². The zero-order chi connectivity index (χ0) is 20.2. The van der Waals surface area contributed by atoms with Crippen LogP contribution >= 0.6 is 0 Å². The van der Waals surface area contributed by atoms with Crippen molar-refractivity contribution in [3.05, 3.63) is 77.9 Å². The van der Waals surface area contributed by atoms with Gasteiger partial charge in [0.15, 0.2) is 12.8 Å². The minimum Gasteiger partial charge on any atom is -0.479 e. The molecule has 0 spiro atoms. The highest BCUT2D eigenvalue weighted by molar-refractivity contribution is 5.73. The Balaban J connectivity index is 1.49. The molecule has 7 nitrogen and oxygen atoms in total. The first-order chi connectivity index (χ1) is 14.2. The maximum Gasteiger partial charge on any atom is 0.333 e. The molecule has 3 aromatic rings. The van der Waals surface area contributed by atoms with E-state index >= 15 is 0 Å². The molecule has 0 bridgehead atoms. The summed E-state index contributed by atoms with van der Waals surface area (Å²) in [5, 5.41) is 9.11. The van der Waals surface area contributed by atoms with Gasteiger partial charge in [-0.2, -0.15) is 0 Å². The number of carboxylic acid groups (broad SMARTS) is 1. The molecule has 7 heteroatoms. The molecule has 1 atom stereocenters. The van der Waals surface area contributed by atoms with Crippen LogP contribution in [0.4, 0.5) is 11.4 Å². The average molecular weight is 391 g/mol. The second-order valence-corrected chi connectivity index (χ2v) is 6.73. The molecule has 1 N–H and O–H groups in total. The summed E-state index contributed by atoms with van der Waals surface area (Å²) in [5.74, 6) is -0.281. The molecule has 0 radical (unpaired) electrons. The van der Waals surface area contributed by atoms with Gasteiger partial charge >= 0.3 is 5.97 Å². The summed E-state index contributed by atoms with van der Waals surface area (Å²) in [6, 6.07) is 15.3. The number of hydrogen-bond acceptors (Lipinski definition) is 6. The van der Waals surface area contributed by atoms with E-state index < -0.39 is 12.1 Å². The van der Waals surface area contributed by atoms with Gasteiger partial charge in [0.2, 0.25) is 0 Å². The minimum absolute atomic E-state index is 0.302. The molecule has 1 aliphatic rings. The normalized spacial score (nSPS) is 13.3. The Kier molecular flexibility index (Phi) is 5.39. The third-order valence-electron chi connectivity index (χ3n) is 4.91. The van der Waals surface area contributed by atoms with E-state index in [4.69, 9.17) is 14.6 Å². The Morgan fingerprint density at radius 1 is 1.07 bits per heavy atom. The molecular weight excluding hydrogens is 370 g/mol. The van der Waals surface area contributed by atoms with Gasteiger partial charge in [0, 0.05) is 32.3 Å². The molecule has 1 unspecified atom stereocenters. The Bertz CT molecular complexity index is 961. The topological polar surface area (TPSA) is 84.8 Å². The first kappa shape index (κ1) is 18.9. The van der Waals surface area contributed by atoms with Crippen molar-refractivity contribution in [3.8, 4) is 5.75 Å². The number of hydrogen-bond donors (Lipinski definition) is 1. The number of anilines is 2. The predicted octanol–water partition coefficient (Wildman–Crippen LogP) is 3.20. The van der Waals surface area contributed by atoms with Crippen LogP contribution in [0.25, 0.3) is 0 Å². The maximum atomic E-state index is 11.1. The number of rotatable bonds is 7. The number of carbonyl (C=O) groups is 1. The quantitative estimate of drug-likeness (QED) is 0.662. The number of carboxylic acids is 1. The highest BCUT2D eigenvalue weighted by Crippen LogP contribution is 2.36. The van der Waals surface area contributed by atoms with E-state index in [2.05, 4.69) is 14.9 Å². The first-order valence-corrected chi connectivity index (χ1v) is 9.28. The van der Waals surface area contributed by atoms with Crippen LogP contribution < -0.4 is 9.64 Å². The zero-order valence-corrected chi connectivity index (χ0v) is 16.0. The second kappa shape index (κ2) is 8.28. The third kappa shape index (κ3) is 4.05. The summed E-state index contributed by atoms with van der Waals surface area (Å²) in [7, 11) is 1.40. The number of benzene rings is 1. The van der Waals surface area contributed by atoms with Crippen LogP contribution in [0.3, 0.4) is 0 Å². The lowest BCUT2D eigenvalue weighted by atomic mass is 10.1. The lowest BCUT2D eigenvalue weighted by Crippen LogP contribution is -2.28. The van der Waals surface area contributed by atoms with E-state index in [1.165, 1.54) is 7.11 Å². The highest BCUT2D eigenvalue weighted by Gasteiger charge is 2.24. The summed E-state index contributed by atoms with van der Waals surface area (Å²) >= 11 is 0. The van der Waals surface area contributed by atoms with E-state index in [0.29, 0.717) is 25.3 Å². The Labute approximate surface area is 168 Å². The molecule has 29 heavy (non-hydrogen) atoms. The molecule has 0 amide bonds. The summed E-state index contributed by atoms with van der Waals surface area (Å²) in [5.41, 5.74) is 4.82. The summed E-state index contributed by atoms with van der Waals surface area (Å²) in [6.07, 6.45) is 3.71. The maximum absolute atomic E-state index is 11.1. The number of ether oxygens (including phenoxy) is 2. The summed E-state index contributed by atoms with van der Waals surface area (Å²) in [6.45, 7) is 0.312. The number of pyridine rings is 2. The molecule has 0 saturated carbocycles. The van der Waals surface area contributed by atoms with E-state index in [1.807, 2.05) is 48.5 Å². The van der Waals surface area contributed by atoms with Gasteiger partial charge in [-0.1, -0.05) is 12.1 Å². The number of methoxy groups -OCH3 is 1. The summed E-state index contributed by atoms with van der Waals surface area (Å²) in [4.78, 5) is 22.2. The second-order valence-electron chi connectivity index (χ2n) is 6.73. The molecule has 0 aliphatic carbocycles. The van der Waals surface area contributed by atoms with E-state index in [0.717, 1.165) is 28.3 Å². The van der Waals surface area contributed by atoms with Crippen molar-refractivity contribution in [2.75, 3.05) is 18.7 Å². The van der Waals surface area contributed by atoms with Crippen LogP contribution in [0, 0.1) is 0 Å². The van der Waals surface area contributed by atoms with Crippen LogP contribution in [0.2, 0.25) is 0 Å². The van der Waals surface area contributed by atoms with Gasteiger partial charge in [0.05, 0.1) is 22.8 Å². The van der Waals surface area contributed by atoms with Crippen molar-refractivity contribution in [1.82, 2.24) is 9.97 Å². The molecular formula is C22H21N3O4. The van der Waals surface area contributed by atoms with Crippen LogP contribution in [-0.4, -0.2) is 41.0 Å². The van der Waals surface area contributed by atoms with E-state index in [1.54, 1.807) is 12.4 Å². The van der Waals surface area contributed by atoms with Gasteiger partial charge in [-0.05, 0) is 42.0 Å². The summed E-state index contributed by atoms with van der Waals surface area (Å²) < 4.78 is 11.0. The number of fused-ring (bicyclic) bond motifs is 2. The molecule has 1 aromatic carbocycles. The van der Waals surface area contributed by atoms with E-state index in [-0.39, 0.29) is 0 Å². The fourth-order valence-electron chi connectivity index (χ4n) is 3.40. The predicted molar refractivity (Wildman–Crippen MR) is 107 cm³/mol. The smallest absolute Gasteiger partial charge is 0.333 e. The Hall–Kier alpha value is -3.45. The van der Waals surface area contributed by atoms with Gasteiger partial charge < -0.3 is 19.5 Å². The van der Waals surface area contributed by atoms with Crippen LogP contribution in [0.5, 0.6) is 5.75 Å². The van der Waals surface area contributed by atoms with Gasteiger partial charge in [-0.3, -0.25) is 9.97 Å². The van der Waals surface area contributed by atoms with Crippen molar-refractivity contribution in [2.24, 2.45) is 0 Å². The van der Waals surface area contributed by atoms with Gasteiger partial charge in [-0.15, -0.1) is 0 Å². The van der Waals surface area contributed by atoms with Crippen molar-refractivity contribution in [1.29, 1.82) is 0 Å². The lowest BCUT2D eigenvalue weighted by Gasteiger charge is -2.31. The molecule has 1 aliphatic heterocycles. The largest absolute Gasteiger partial charge is 0.479 e. The Morgan fingerprint density at radius 2 is 1.69 bits per heavy atom. The van der Waals surface area contributed by atoms with Crippen molar-refractivity contribution >= 4 is 17.3 Å². The average Bonchev–Trinajstić information content (AvgIpc) is 2.75. The molecule has 148 valence electrons. The number of aliphatic carboxylic acids is 1. The highest BCUT2D eigenvalue weighted by atomic mass is 16.5. The number of aromatic nitrogens is 2. The fraction of sp³-hybridized carbons (Fsp3) is 0.227. The van der Waals surface area contributed by atoms with Gasteiger partial charge in [0.1, 0.15) is 5.75 Å². The monoisotopic (exact) mass is 391 g/mol. The lowest BCUT2D eigenvalue weighted by molar-refractivity contribution is -0.148. The zero-order valence-electron chi connectivity index (χ0n) is 16.0. The van der Waals surface area contributed by atoms with Crippen LogP contribution in [-0.2, 0) is 22.4 Å². The SMILES string of the molecule is COC(Cc1ccc(OCN2c3cccnc3Cc3ncccc32)cc1)C(=O)O. The fourth-order valence-corrected chi connectivity index (χ4v) is 3.40. The molecule has 4 rings (SSSR count). The molecule has 0 fully saturated rings. The van der Waals surface area contributed by atoms with Crippen LogP contribution in [0.15, 0.2) is 60.9 Å². The third-order valence-corrected chi connectivity index (χ3v) is 4.91. The molecule has 0 saturated heterocycles. The van der Waals surface area contributed by atoms with E-state index in [9.17, 15) is 4.79 Å².